The molecule has 0 aliphatic carbocycles. The third-order valence-electron chi connectivity index (χ3n) is 7.16. The van der Waals surface area contributed by atoms with Crippen LogP contribution in [-0.4, -0.2) is 70.3 Å². The van der Waals surface area contributed by atoms with Crippen LogP contribution in [0.1, 0.15) is 37.8 Å². The lowest BCUT2D eigenvalue weighted by molar-refractivity contribution is -0.141. The van der Waals surface area contributed by atoms with Gasteiger partial charge in [-0.2, -0.15) is 0 Å². The monoisotopic (exact) mass is 623 g/mol. The van der Waals surface area contributed by atoms with Crippen LogP contribution in [0.3, 0.4) is 0 Å². The van der Waals surface area contributed by atoms with E-state index in [9.17, 15) is 18.0 Å². The Bertz CT molecular complexity index is 1530. The van der Waals surface area contributed by atoms with Crippen molar-refractivity contribution in [3.8, 4) is 17.2 Å². The number of nitrogens with zero attached hydrogens (tertiary/aromatic N) is 2. The van der Waals surface area contributed by atoms with Gasteiger partial charge in [-0.3, -0.25) is 13.9 Å². The van der Waals surface area contributed by atoms with E-state index in [1.54, 1.807) is 30.2 Å². The molecule has 44 heavy (non-hydrogen) atoms. The quantitative estimate of drug-likeness (QED) is 0.287. The van der Waals surface area contributed by atoms with Crippen molar-refractivity contribution >= 4 is 27.5 Å². The zero-order valence-corrected chi connectivity index (χ0v) is 26.5. The second kappa shape index (κ2) is 15.0. The first-order valence-electron chi connectivity index (χ1n) is 14.7. The molecule has 1 aliphatic rings. The van der Waals surface area contributed by atoms with E-state index in [1.165, 1.54) is 4.31 Å². The summed E-state index contributed by atoms with van der Waals surface area (Å²) in [7, 11) is -2.09. The highest BCUT2D eigenvalue weighted by molar-refractivity contribution is 7.92. The minimum atomic E-state index is -3.67. The highest BCUT2D eigenvalue weighted by Crippen LogP contribution is 2.35. The average molecular weight is 624 g/mol. The van der Waals surface area contributed by atoms with Gasteiger partial charge in [0.15, 0.2) is 11.5 Å². The lowest BCUT2D eigenvalue weighted by Gasteiger charge is -2.32. The van der Waals surface area contributed by atoms with Gasteiger partial charge >= 0.3 is 0 Å². The molecular weight excluding hydrogens is 582 g/mol. The Morgan fingerprint density at radius 1 is 0.932 bits per heavy atom. The first-order valence-corrected chi connectivity index (χ1v) is 16.5. The number of carbonyl (C=O) groups excluding carboxylic acids is 2. The Kier molecular flexibility index (Phi) is 11.1. The van der Waals surface area contributed by atoms with Crippen LogP contribution in [0.4, 0.5) is 5.69 Å². The predicted molar refractivity (Wildman–Crippen MR) is 170 cm³/mol. The van der Waals surface area contributed by atoms with Crippen molar-refractivity contribution in [3.63, 3.8) is 0 Å². The number of anilines is 1. The third kappa shape index (κ3) is 8.89. The van der Waals surface area contributed by atoms with E-state index in [0.717, 1.165) is 17.4 Å². The summed E-state index contributed by atoms with van der Waals surface area (Å²) in [6.07, 6.45) is 1.72. The number of fused-ring (bicyclic) bond motifs is 1. The topological polar surface area (TPSA) is 114 Å². The Labute approximate surface area is 260 Å². The summed E-state index contributed by atoms with van der Waals surface area (Å²) in [5.41, 5.74) is 2.15. The molecule has 3 aromatic carbocycles. The van der Waals surface area contributed by atoms with Crippen LogP contribution in [0.25, 0.3) is 0 Å². The molecule has 3 aromatic rings. The molecule has 10 nitrogen and oxygen atoms in total. The highest BCUT2D eigenvalue weighted by atomic mass is 32.2. The van der Waals surface area contributed by atoms with Crippen molar-refractivity contribution in [2.24, 2.45) is 0 Å². The number of nitrogens with one attached hydrogen (secondary N) is 1. The summed E-state index contributed by atoms with van der Waals surface area (Å²) < 4.78 is 43.5. The molecule has 4 rings (SSSR count). The smallest absolute Gasteiger partial charge is 0.243 e. The molecule has 0 saturated carbocycles. The standard InChI is InChI=1S/C33H41N3O7S/c1-24(2)34-33(38)29(21-25-10-6-5-7-11-25)35(23-26-12-8-13-28(20-26)41-3)32(37)14-9-17-36(44(4,39)40)27-15-16-30-31(22-27)43-19-18-42-30/h5-8,10-13,15-16,20,22,24,29H,9,14,17-19,21,23H2,1-4H3,(H,34,38)/t29-/m1/s1. The molecule has 11 heteroatoms. The molecule has 1 heterocycles. The molecular formula is C33H41N3O7S. The van der Waals surface area contributed by atoms with E-state index in [4.69, 9.17) is 14.2 Å². The summed E-state index contributed by atoms with van der Waals surface area (Å²) in [6, 6.07) is 21.0. The van der Waals surface area contributed by atoms with E-state index in [0.29, 0.717) is 42.6 Å². The SMILES string of the molecule is COc1cccc(CN(C(=O)CCCN(c2ccc3c(c2)OCCO3)S(C)(=O)=O)[C@H](Cc2ccccc2)C(=O)NC(C)C)c1. The molecule has 0 saturated heterocycles. The zero-order valence-electron chi connectivity index (χ0n) is 25.7. The van der Waals surface area contributed by atoms with Gasteiger partial charge in [0.05, 0.1) is 19.1 Å². The van der Waals surface area contributed by atoms with Crippen molar-refractivity contribution < 1.29 is 32.2 Å². The van der Waals surface area contributed by atoms with Gasteiger partial charge in [-0.1, -0.05) is 42.5 Å². The lowest BCUT2D eigenvalue weighted by Crippen LogP contribution is -2.51. The van der Waals surface area contributed by atoms with Gasteiger partial charge < -0.3 is 24.4 Å². The molecule has 1 aliphatic heterocycles. The van der Waals surface area contributed by atoms with Crippen molar-refractivity contribution in [1.82, 2.24) is 10.2 Å². The van der Waals surface area contributed by atoms with Crippen molar-refractivity contribution in [1.29, 1.82) is 0 Å². The normalized spacial score (nSPS) is 13.2. The number of amides is 2. The minimum Gasteiger partial charge on any atom is -0.497 e. The van der Waals surface area contributed by atoms with Gasteiger partial charge in [-0.15, -0.1) is 0 Å². The van der Waals surface area contributed by atoms with E-state index >= 15 is 0 Å². The molecule has 236 valence electrons. The average Bonchev–Trinajstić information content (AvgIpc) is 3.00. The third-order valence-corrected chi connectivity index (χ3v) is 8.35. The van der Waals surface area contributed by atoms with E-state index in [2.05, 4.69) is 5.32 Å². The number of benzene rings is 3. The fourth-order valence-electron chi connectivity index (χ4n) is 5.09. The number of methoxy groups -OCH3 is 1. The summed E-state index contributed by atoms with van der Waals surface area (Å²) >= 11 is 0. The second-order valence-corrected chi connectivity index (χ2v) is 12.9. The lowest BCUT2D eigenvalue weighted by atomic mass is 10.0. The maximum Gasteiger partial charge on any atom is 0.243 e. The van der Waals surface area contributed by atoms with Crippen LogP contribution in [-0.2, 0) is 32.6 Å². The van der Waals surface area contributed by atoms with E-state index in [-0.39, 0.29) is 43.8 Å². The van der Waals surface area contributed by atoms with E-state index in [1.807, 2.05) is 68.4 Å². The van der Waals surface area contributed by atoms with Crippen LogP contribution in [0.2, 0.25) is 0 Å². The number of hydrogen-bond acceptors (Lipinski definition) is 7. The van der Waals surface area contributed by atoms with E-state index < -0.39 is 16.1 Å². The predicted octanol–water partition coefficient (Wildman–Crippen LogP) is 4.18. The maximum absolute atomic E-state index is 14.0. The molecule has 1 N–H and O–H groups in total. The van der Waals surface area contributed by atoms with Crippen molar-refractivity contribution in [2.45, 2.75) is 51.7 Å². The largest absolute Gasteiger partial charge is 0.497 e. The number of rotatable bonds is 14. The minimum absolute atomic E-state index is 0.0286. The molecule has 0 radical (unpaired) electrons. The summed E-state index contributed by atoms with van der Waals surface area (Å²) in [5.74, 6) is 1.16. The summed E-state index contributed by atoms with van der Waals surface area (Å²) in [5, 5.41) is 2.98. The first-order chi connectivity index (χ1) is 21.0. The first kappa shape index (κ1) is 32.7. The number of ether oxygens (including phenoxy) is 3. The molecule has 0 aromatic heterocycles. The van der Waals surface area contributed by atoms with Crippen molar-refractivity contribution in [3.05, 3.63) is 83.9 Å². The Morgan fingerprint density at radius 2 is 1.64 bits per heavy atom. The Balaban J connectivity index is 1.58. The molecule has 0 unspecified atom stereocenters. The molecule has 0 spiro atoms. The zero-order chi connectivity index (χ0) is 31.7. The van der Waals surface area contributed by atoms with Crippen LogP contribution in [0, 0.1) is 0 Å². The maximum atomic E-state index is 14.0. The molecule has 1 atom stereocenters. The van der Waals surface area contributed by atoms with Crippen LogP contribution >= 0.6 is 0 Å². The van der Waals surface area contributed by atoms with Gasteiger partial charge in [0.2, 0.25) is 21.8 Å². The Hall–Kier alpha value is -4.25. The Morgan fingerprint density at radius 3 is 2.32 bits per heavy atom. The van der Waals surface area contributed by atoms with Crippen LogP contribution in [0.5, 0.6) is 17.2 Å². The number of sulfonamides is 1. The van der Waals surface area contributed by atoms with Gasteiger partial charge in [0.1, 0.15) is 25.0 Å². The fraction of sp³-hybridized carbons (Fsp3) is 0.394. The molecule has 0 bridgehead atoms. The van der Waals surface area contributed by atoms with Gasteiger partial charge in [-0.25, -0.2) is 8.42 Å². The number of hydrogen-bond donors (Lipinski definition) is 1. The number of carbonyl (C=O) groups is 2. The summed E-state index contributed by atoms with van der Waals surface area (Å²) in [6.45, 7) is 4.81. The second-order valence-electron chi connectivity index (χ2n) is 11.0. The van der Waals surface area contributed by atoms with Gasteiger partial charge in [-0.05, 0) is 55.7 Å². The van der Waals surface area contributed by atoms with Gasteiger partial charge in [0, 0.05) is 38.0 Å². The van der Waals surface area contributed by atoms with Gasteiger partial charge in [0.25, 0.3) is 0 Å². The van der Waals surface area contributed by atoms with Crippen LogP contribution < -0.4 is 23.8 Å². The fourth-order valence-corrected chi connectivity index (χ4v) is 6.05. The van der Waals surface area contributed by atoms with Crippen molar-refractivity contribution in [2.75, 3.05) is 37.4 Å². The summed E-state index contributed by atoms with van der Waals surface area (Å²) in [4.78, 5) is 29.2. The molecule has 2 amide bonds. The van der Waals surface area contributed by atoms with Crippen LogP contribution in [0.15, 0.2) is 72.8 Å². The highest BCUT2D eigenvalue weighted by Gasteiger charge is 2.31. The molecule has 0 fully saturated rings.